The van der Waals surface area contributed by atoms with Crippen molar-refractivity contribution in [3.8, 4) is 0 Å². The maximum atomic E-state index is 12.3. The molecule has 0 amide bonds. The molecule has 0 atom stereocenters. The van der Waals surface area contributed by atoms with Crippen LogP contribution in [0.3, 0.4) is 0 Å². The summed E-state index contributed by atoms with van der Waals surface area (Å²) in [6, 6.07) is 1.52. The Hall–Kier alpha value is -1.94. The third-order valence-electron chi connectivity index (χ3n) is 2.77. The summed E-state index contributed by atoms with van der Waals surface area (Å²) in [6.07, 6.45) is 0. The van der Waals surface area contributed by atoms with E-state index in [0.29, 0.717) is 5.76 Å². The van der Waals surface area contributed by atoms with Crippen molar-refractivity contribution in [1.82, 2.24) is 9.53 Å². The molecule has 0 aliphatic rings. The van der Waals surface area contributed by atoms with Gasteiger partial charge in [-0.25, -0.2) is 13.2 Å². The van der Waals surface area contributed by atoms with Gasteiger partial charge in [-0.15, -0.1) is 0 Å². The average molecular weight is 331 g/mol. The molecule has 21 heavy (non-hydrogen) atoms. The second kappa shape index (κ2) is 5.45. The van der Waals surface area contributed by atoms with Crippen LogP contribution in [0.2, 0.25) is 0 Å². The number of hydrogen-bond donors (Lipinski definition) is 1. The first-order chi connectivity index (χ1) is 9.72. The van der Waals surface area contributed by atoms with Crippen LogP contribution in [-0.4, -0.2) is 36.1 Å². The summed E-state index contributed by atoms with van der Waals surface area (Å²) >= 11 is 0.827. The summed E-state index contributed by atoms with van der Waals surface area (Å²) in [4.78, 5) is 11.2. The van der Waals surface area contributed by atoms with Crippen molar-refractivity contribution >= 4 is 32.5 Å². The first kappa shape index (κ1) is 15.4. The van der Waals surface area contributed by atoms with Crippen LogP contribution in [0.5, 0.6) is 0 Å². The van der Waals surface area contributed by atoms with Gasteiger partial charge in [-0.1, -0.05) is 5.16 Å². The summed E-state index contributed by atoms with van der Waals surface area (Å²) in [5.41, 5.74) is 0.432. The highest BCUT2D eigenvalue weighted by molar-refractivity contribution is 7.92. The summed E-state index contributed by atoms with van der Waals surface area (Å²) < 4.78 is 34.3. The molecule has 0 bridgehead atoms. The van der Waals surface area contributed by atoms with E-state index in [1.54, 1.807) is 6.92 Å². The molecule has 0 saturated carbocycles. The molecule has 0 aliphatic carbocycles. The zero-order valence-corrected chi connectivity index (χ0v) is 13.2. The van der Waals surface area contributed by atoms with E-state index in [1.807, 2.05) is 0 Å². The van der Waals surface area contributed by atoms with Crippen LogP contribution in [0.25, 0.3) is 0 Å². The van der Waals surface area contributed by atoms with Gasteiger partial charge in [-0.05, 0) is 25.4 Å². The number of carbonyl (C=O) groups is 1. The van der Waals surface area contributed by atoms with Crippen LogP contribution < -0.4 is 4.31 Å². The summed E-state index contributed by atoms with van der Waals surface area (Å²) in [7, 11) is -2.48. The third-order valence-corrected chi connectivity index (χ3v) is 5.58. The number of aromatic nitrogens is 2. The van der Waals surface area contributed by atoms with Crippen LogP contribution in [0.1, 0.15) is 27.5 Å². The average Bonchev–Trinajstić information content (AvgIpc) is 2.94. The van der Waals surface area contributed by atoms with E-state index < -0.39 is 16.0 Å². The number of carboxylic acid groups (broad SMARTS) is 1. The van der Waals surface area contributed by atoms with E-state index in [1.165, 1.54) is 20.0 Å². The lowest BCUT2D eigenvalue weighted by molar-refractivity contribution is 0.0697. The normalized spacial score (nSPS) is 11.6. The van der Waals surface area contributed by atoms with Crippen molar-refractivity contribution in [3.05, 3.63) is 28.8 Å². The van der Waals surface area contributed by atoms with Gasteiger partial charge < -0.3 is 9.63 Å². The van der Waals surface area contributed by atoms with E-state index >= 15 is 0 Å². The number of aromatic carboxylic acids is 1. The summed E-state index contributed by atoms with van der Waals surface area (Å²) in [6.45, 7) is 3.17. The monoisotopic (exact) mass is 331 g/mol. The molecule has 0 aliphatic heterocycles. The van der Waals surface area contributed by atoms with Crippen LogP contribution >= 0.6 is 11.5 Å². The minimum atomic E-state index is -3.78. The number of aryl methyl sites for hydroxylation is 2. The zero-order chi connectivity index (χ0) is 15.8. The molecule has 10 heteroatoms. The minimum absolute atomic E-state index is 0.0696. The van der Waals surface area contributed by atoms with Crippen molar-refractivity contribution in [1.29, 1.82) is 0 Å². The molecule has 0 radical (unpaired) electrons. The zero-order valence-electron chi connectivity index (χ0n) is 11.5. The molecule has 0 aromatic carbocycles. The van der Waals surface area contributed by atoms with E-state index in [2.05, 4.69) is 9.53 Å². The lowest BCUT2D eigenvalue weighted by atomic mass is 10.2. The van der Waals surface area contributed by atoms with E-state index in [4.69, 9.17) is 9.63 Å². The van der Waals surface area contributed by atoms with Crippen LogP contribution in [0, 0.1) is 13.8 Å². The smallest absolute Gasteiger partial charge is 0.340 e. The topological polar surface area (TPSA) is 114 Å². The predicted octanol–water partition coefficient (Wildman–Crippen LogP) is 1.41. The number of sulfonamides is 1. The fraction of sp³-hybridized carbons (Fsp3) is 0.364. The Labute approximate surface area is 125 Å². The molecule has 8 nitrogen and oxygen atoms in total. The van der Waals surface area contributed by atoms with Crippen LogP contribution in [0.4, 0.5) is 5.00 Å². The first-order valence-electron chi connectivity index (χ1n) is 5.80. The highest BCUT2D eigenvalue weighted by Gasteiger charge is 2.28. The Morgan fingerprint density at radius 3 is 2.67 bits per heavy atom. The molecule has 2 aromatic heterocycles. The molecule has 0 saturated heterocycles. The molecule has 114 valence electrons. The van der Waals surface area contributed by atoms with Gasteiger partial charge in [0.15, 0.2) is 0 Å². The standard InChI is InChI=1S/C11H13N3O5S2/c1-6-4-8(12-19-6)5-21(17,18)14(3)10-9(11(15)16)7(2)13-20-10/h4H,5H2,1-3H3,(H,15,16). The second-order valence-electron chi connectivity index (χ2n) is 4.41. The minimum Gasteiger partial charge on any atom is -0.478 e. The lowest BCUT2D eigenvalue weighted by Gasteiger charge is -2.17. The molecular formula is C11H13N3O5S2. The molecule has 0 unspecified atom stereocenters. The molecule has 2 heterocycles. The highest BCUT2D eigenvalue weighted by Crippen LogP contribution is 2.30. The molecule has 1 N–H and O–H groups in total. The Kier molecular flexibility index (Phi) is 4.01. The quantitative estimate of drug-likeness (QED) is 0.881. The Morgan fingerprint density at radius 2 is 2.14 bits per heavy atom. The maximum Gasteiger partial charge on any atom is 0.340 e. The number of carboxylic acids is 1. The molecular weight excluding hydrogens is 318 g/mol. The number of hydrogen-bond acceptors (Lipinski definition) is 7. The van der Waals surface area contributed by atoms with Gasteiger partial charge in [0.1, 0.15) is 27.8 Å². The van der Waals surface area contributed by atoms with Gasteiger partial charge in [-0.3, -0.25) is 4.31 Å². The van der Waals surface area contributed by atoms with E-state index in [9.17, 15) is 13.2 Å². The van der Waals surface area contributed by atoms with Crippen molar-refractivity contribution < 1.29 is 22.8 Å². The maximum absolute atomic E-state index is 12.3. The van der Waals surface area contributed by atoms with Crippen molar-refractivity contribution in [2.75, 3.05) is 11.4 Å². The van der Waals surface area contributed by atoms with Crippen molar-refractivity contribution in [2.24, 2.45) is 0 Å². The van der Waals surface area contributed by atoms with Crippen LogP contribution in [0.15, 0.2) is 10.6 Å². The summed E-state index contributed by atoms with van der Waals surface area (Å²) in [5.74, 6) is -1.09. The fourth-order valence-electron chi connectivity index (χ4n) is 1.71. The van der Waals surface area contributed by atoms with Gasteiger partial charge in [0.25, 0.3) is 0 Å². The van der Waals surface area contributed by atoms with Gasteiger partial charge >= 0.3 is 5.97 Å². The largest absolute Gasteiger partial charge is 0.478 e. The first-order valence-corrected chi connectivity index (χ1v) is 8.19. The summed E-state index contributed by atoms with van der Waals surface area (Å²) in [5, 5.41) is 12.9. The SMILES string of the molecule is Cc1cc(CS(=O)(=O)N(C)c2snc(C)c2C(=O)O)no1. The van der Waals surface area contributed by atoms with Gasteiger partial charge in [0.2, 0.25) is 10.0 Å². The lowest BCUT2D eigenvalue weighted by Crippen LogP contribution is -2.28. The van der Waals surface area contributed by atoms with Gasteiger partial charge in [0, 0.05) is 13.1 Å². The van der Waals surface area contributed by atoms with Crippen molar-refractivity contribution in [3.63, 3.8) is 0 Å². The fourth-order valence-corrected chi connectivity index (χ4v) is 3.96. The van der Waals surface area contributed by atoms with Gasteiger partial charge in [-0.2, -0.15) is 4.37 Å². The highest BCUT2D eigenvalue weighted by atomic mass is 32.2. The predicted molar refractivity (Wildman–Crippen MR) is 76.1 cm³/mol. The molecule has 2 rings (SSSR count). The number of nitrogens with zero attached hydrogens (tertiary/aromatic N) is 3. The second-order valence-corrected chi connectivity index (χ2v) is 7.16. The Bertz CT molecular complexity index is 778. The molecule has 0 spiro atoms. The number of anilines is 1. The van der Waals surface area contributed by atoms with Crippen molar-refractivity contribution in [2.45, 2.75) is 19.6 Å². The number of rotatable bonds is 5. The van der Waals surface area contributed by atoms with E-state index in [0.717, 1.165) is 15.8 Å². The Morgan fingerprint density at radius 1 is 1.48 bits per heavy atom. The Balaban J connectivity index is 2.34. The molecule has 0 fully saturated rings. The van der Waals surface area contributed by atoms with E-state index in [-0.39, 0.29) is 27.7 Å². The third kappa shape index (κ3) is 3.05. The molecule has 2 aromatic rings. The van der Waals surface area contributed by atoms with Gasteiger partial charge in [0.05, 0.1) is 5.69 Å². The van der Waals surface area contributed by atoms with Crippen LogP contribution in [-0.2, 0) is 15.8 Å².